The average molecular weight is 272 g/mol. The van der Waals surface area contributed by atoms with Crippen LogP contribution >= 0.6 is 22.6 Å². The van der Waals surface area contributed by atoms with Crippen molar-refractivity contribution in [3.05, 3.63) is 0 Å². The lowest BCUT2D eigenvalue weighted by molar-refractivity contribution is -0.123. The molecule has 1 amide bonds. The van der Waals surface area contributed by atoms with Crippen LogP contribution in [0.3, 0.4) is 0 Å². The molecule has 4 nitrogen and oxygen atoms in total. The molecular weight excluding hydrogens is 259 g/mol. The van der Waals surface area contributed by atoms with Gasteiger partial charge in [-0.3, -0.25) is 10.1 Å². The first-order valence-corrected chi connectivity index (χ1v) is 4.90. The number of nitrogens with one attached hydrogen (secondary N) is 2. The normalized spacial score (nSPS) is 12.6. The van der Waals surface area contributed by atoms with E-state index >= 15 is 0 Å². The van der Waals surface area contributed by atoms with Gasteiger partial charge in [0.25, 0.3) is 0 Å². The van der Waals surface area contributed by atoms with Crippen molar-refractivity contribution in [2.45, 2.75) is 12.5 Å². The largest absolute Gasteiger partial charge is 0.381 e. The third kappa shape index (κ3) is 4.54. The van der Waals surface area contributed by atoms with Crippen molar-refractivity contribution in [2.75, 3.05) is 18.2 Å². The van der Waals surface area contributed by atoms with Gasteiger partial charge in [0.05, 0.1) is 12.8 Å². The topological polar surface area (TPSA) is 61.4 Å². The number of likely N-dealkylation sites (N-methyl/N-ethyl adjacent to an activating group) is 1. The number of hydrogen-bond donors (Lipinski definition) is 3. The Morgan fingerprint density at radius 2 is 2.36 bits per heavy atom. The SMILES string of the molecule is CNC(=O)[C@H](CCI)NCO. The van der Waals surface area contributed by atoms with Crippen LogP contribution in [0.15, 0.2) is 0 Å². The summed E-state index contributed by atoms with van der Waals surface area (Å²) in [6.07, 6.45) is 0.737. The van der Waals surface area contributed by atoms with Gasteiger partial charge in [-0.25, -0.2) is 0 Å². The highest BCUT2D eigenvalue weighted by atomic mass is 127. The van der Waals surface area contributed by atoms with Gasteiger partial charge < -0.3 is 10.4 Å². The molecule has 0 spiro atoms. The highest BCUT2D eigenvalue weighted by Gasteiger charge is 2.13. The number of rotatable bonds is 5. The van der Waals surface area contributed by atoms with Gasteiger partial charge in [0.2, 0.25) is 5.91 Å². The second-order valence-electron chi connectivity index (χ2n) is 2.01. The molecule has 0 aliphatic rings. The summed E-state index contributed by atoms with van der Waals surface area (Å²) in [5.41, 5.74) is 0. The first kappa shape index (κ1) is 11.1. The van der Waals surface area contributed by atoms with Gasteiger partial charge in [0.1, 0.15) is 0 Å². The Kier molecular flexibility index (Phi) is 6.88. The van der Waals surface area contributed by atoms with E-state index in [1.165, 1.54) is 0 Å². The van der Waals surface area contributed by atoms with Crippen LogP contribution in [0.5, 0.6) is 0 Å². The van der Waals surface area contributed by atoms with Gasteiger partial charge in [-0.1, -0.05) is 22.6 Å². The molecule has 0 fully saturated rings. The quantitative estimate of drug-likeness (QED) is 0.358. The molecule has 66 valence electrons. The van der Waals surface area contributed by atoms with Gasteiger partial charge >= 0.3 is 0 Å². The molecule has 0 saturated carbocycles. The van der Waals surface area contributed by atoms with Crippen LogP contribution in [-0.4, -0.2) is 35.3 Å². The van der Waals surface area contributed by atoms with Gasteiger partial charge in [-0.15, -0.1) is 0 Å². The van der Waals surface area contributed by atoms with E-state index in [9.17, 15) is 4.79 Å². The molecule has 0 saturated heterocycles. The fourth-order valence-electron chi connectivity index (χ4n) is 0.719. The minimum absolute atomic E-state index is 0.0734. The lowest BCUT2D eigenvalue weighted by Gasteiger charge is -2.13. The van der Waals surface area contributed by atoms with Crippen LogP contribution < -0.4 is 10.6 Å². The van der Waals surface area contributed by atoms with Crippen molar-refractivity contribution in [2.24, 2.45) is 0 Å². The van der Waals surface area contributed by atoms with Crippen LogP contribution in [0, 0.1) is 0 Å². The van der Waals surface area contributed by atoms with Crippen molar-refractivity contribution in [1.29, 1.82) is 0 Å². The Labute approximate surface area is 79.9 Å². The van der Waals surface area contributed by atoms with Gasteiger partial charge in [-0.2, -0.15) is 0 Å². The molecule has 0 aromatic heterocycles. The number of halogens is 1. The molecule has 0 unspecified atom stereocenters. The van der Waals surface area contributed by atoms with Crippen LogP contribution in [0.4, 0.5) is 0 Å². The minimum atomic E-state index is -0.262. The number of aliphatic hydroxyl groups excluding tert-OH is 1. The summed E-state index contributed by atoms with van der Waals surface area (Å²) in [7, 11) is 1.58. The highest BCUT2D eigenvalue weighted by Crippen LogP contribution is 1.95. The fraction of sp³-hybridized carbons (Fsp3) is 0.833. The molecule has 11 heavy (non-hydrogen) atoms. The summed E-state index contributed by atoms with van der Waals surface area (Å²) in [4.78, 5) is 11.0. The van der Waals surface area contributed by atoms with Crippen molar-refractivity contribution >= 4 is 28.5 Å². The molecule has 0 heterocycles. The third-order valence-electron chi connectivity index (χ3n) is 1.30. The number of alkyl halides is 1. The summed E-state index contributed by atoms with van der Waals surface area (Å²) in [5, 5.41) is 13.7. The molecule has 0 aromatic rings. The van der Waals surface area contributed by atoms with E-state index in [2.05, 4.69) is 33.2 Å². The number of hydrogen-bond acceptors (Lipinski definition) is 3. The number of aliphatic hydroxyl groups is 1. The van der Waals surface area contributed by atoms with E-state index in [1.54, 1.807) is 7.05 Å². The predicted molar refractivity (Wildman–Crippen MR) is 51.6 cm³/mol. The lowest BCUT2D eigenvalue weighted by atomic mass is 10.2. The van der Waals surface area contributed by atoms with Gasteiger partial charge in [0.15, 0.2) is 0 Å². The zero-order chi connectivity index (χ0) is 8.69. The molecule has 3 N–H and O–H groups in total. The van der Waals surface area contributed by atoms with Gasteiger partial charge in [0, 0.05) is 11.5 Å². The zero-order valence-corrected chi connectivity index (χ0v) is 8.59. The summed E-state index contributed by atoms with van der Waals surface area (Å²) < 4.78 is 0.892. The van der Waals surface area contributed by atoms with Crippen LogP contribution in [0.2, 0.25) is 0 Å². The monoisotopic (exact) mass is 272 g/mol. The second-order valence-corrected chi connectivity index (χ2v) is 3.09. The summed E-state index contributed by atoms with van der Waals surface area (Å²) in [6.45, 7) is -0.158. The maximum Gasteiger partial charge on any atom is 0.236 e. The molecule has 0 aliphatic heterocycles. The second kappa shape index (κ2) is 6.81. The Hall–Kier alpha value is 0.120. The number of carbonyl (C=O) groups excluding carboxylic acids is 1. The molecular formula is C6H13IN2O2. The fourth-order valence-corrected chi connectivity index (χ4v) is 1.34. The molecule has 5 heteroatoms. The Morgan fingerprint density at radius 3 is 2.73 bits per heavy atom. The third-order valence-corrected chi connectivity index (χ3v) is 1.92. The summed E-state index contributed by atoms with van der Waals surface area (Å²) in [6, 6.07) is -0.262. The van der Waals surface area contributed by atoms with E-state index in [0.29, 0.717) is 0 Å². The first-order valence-electron chi connectivity index (χ1n) is 3.38. The van der Waals surface area contributed by atoms with E-state index < -0.39 is 0 Å². The molecule has 0 rings (SSSR count). The van der Waals surface area contributed by atoms with Crippen LogP contribution in [0.1, 0.15) is 6.42 Å². The lowest BCUT2D eigenvalue weighted by Crippen LogP contribution is -2.43. The van der Waals surface area contributed by atoms with E-state index in [4.69, 9.17) is 5.11 Å². The minimum Gasteiger partial charge on any atom is -0.381 e. The average Bonchev–Trinajstić information content (AvgIpc) is 2.03. The maximum absolute atomic E-state index is 11.0. The first-order chi connectivity index (χ1) is 5.26. The molecule has 1 atom stereocenters. The summed E-state index contributed by atoms with van der Waals surface area (Å²) in [5.74, 6) is -0.0734. The maximum atomic E-state index is 11.0. The Morgan fingerprint density at radius 1 is 1.73 bits per heavy atom. The van der Waals surface area contributed by atoms with Crippen molar-refractivity contribution in [3.63, 3.8) is 0 Å². The standard InChI is InChI=1S/C6H13IN2O2/c1-8-6(11)5(2-3-7)9-4-10/h5,9-10H,2-4H2,1H3,(H,8,11)/t5-/m0/s1. The van der Waals surface area contributed by atoms with Gasteiger partial charge in [-0.05, 0) is 6.42 Å². The van der Waals surface area contributed by atoms with Crippen molar-refractivity contribution < 1.29 is 9.90 Å². The summed E-state index contributed by atoms with van der Waals surface area (Å²) >= 11 is 2.19. The van der Waals surface area contributed by atoms with Crippen molar-refractivity contribution in [1.82, 2.24) is 10.6 Å². The molecule has 0 aliphatic carbocycles. The highest BCUT2D eigenvalue weighted by molar-refractivity contribution is 14.1. The van der Waals surface area contributed by atoms with E-state index in [-0.39, 0.29) is 18.7 Å². The van der Waals surface area contributed by atoms with E-state index in [0.717, 1.165) is 10.8 Å². The molecule has 0 bridgehead atoms. The number of amides is 1. The smallest absolute Gasteiger partial charge is 0.236 e. The Bertz CT molecular complexity index is 115. The zero-order valence-electron chi connectivity index (χ0n) is 6.43. The number of carbonyl (C=O) groups is 1. The van der Waals surface area contributed by atoms with Crippen LogP contribution in [0.25, 0.3) is 0 Å². The molecule has 0 aromatic carbocycles. The van der Waals surface area contributed by atoms with E-state index in [1.807, 2.05) is 0 Å². The Balaban J connectivity index is 3.76. The van der Waals surface area contributed by atoms with Crippen molar-refractivity contribution in [3.8, 4) is 0 Å². The predicted octanol–water partition coefficient (Wildman–Crippen LogP) is -0.535. The van der Waals surface area contributed by atoms with Crippen LogP contribution in [-0.2, 0) is 4.79 Å². The molecule has 0 radical (unpaired) electrons.